The number of oxazole rings is 1. The summed E-state index contributed by atoms with van der Waals surface area (Å²) in [6.45, 7) is 1.80. The first-order valence-corrected chi connectivity index (χ1v) is 9.67. The molecule has 0 unspecified atom stereocenters. The standard InChI is InChI=1S/C22H18ClN3O4/c1-13-16-4-2-3-5-17(16)30-21(13)22(28)26-25-19(27)10-11-20-24-12-18(29-20)14-6-8-15(23)9-7-14/h2-9,12H,10-11H2,1H3,(H,25,27)(H,26,28). The van der Waals surface area contributed by atoms with Crippen molar-refractivity contribution in [2.75, 3.05) is 0 Å². The van der Waals surface area contributed by atoms with Crippen LogP contribution in [0.5, 0.6) is 0 Å². The van der Waals surface area contributed by atoms with E-state index in [0.717, 1.165) is 10.9 Å². The van der Waals surface area contributed by atoms with Gasteiger partial charge in [-0.15, -0.1) is 0 Å². The highest BCUT2D eigenvalue weighted by atomic mass is 35.5. The van der Waals surface area contributed by atoms with Crippen LogP contribution in [-0.2, 0) is 11.2 Å². The second kappa shape index (κ2) is 8.42. The Morgan fingerprint density at radius 2 is 1.80 bits per heavy atom. The number of amides is 2. The average Bonchev–Trinajstić information content (AvgIpc) is 3.36. The number of furan rings is 1. The summed E-state index contributed by atoms with van der Waals surface area (Å²) in [6.07, 6.45) is 1.99. The largest absolute Gasteiger partial charge is 0.451 e. The van der Waals surface area contributed by atoms with Crippen LogP contribution in [0.25, 0.3) is 22.3 Å². The SMILES string of the molecule is Cc1c(C(=O)NNC(=O)CCc2ncc(-c3ccc(Cl)cc3)o2)oc2ccccc12. The molecule has 7 nitrogen and oxygen atoms in total. The second-order valence-corrected chi connectivity index (χ2v) is 7.12. The predicted octanol–water partition coefficient (Wildman–Crippen LogP) is 4.44. The third-order valence-electron chi connectivity index (χ3n) is 4.61. The molecule has 8 heteroatoms. The molecule has 2 aromatic heterocycles. The zero-order chi connectivity index (χ0) is 21.1. The molecule has 0 fully saturated rings. The highest BCUT2D eigenvalue weighted by Gasteiger charge is 2.18. The van der Waals surface area contributed by atoms with Crippen LogP contribution in [0.4, 0.5) is 0 Å². The van der Waals surface area contributed by atoms with Gasteiger partial charge in [-0.05, 0) is 37.3 Å². The molecule has 2 heterocycles. The molecule has 0 saturated carbocycles. The number of carbonyl (C=O) groups is 2. The Morgan fingerprint density at radius 1 is 1.03 bits per heavy atom. The summed E-state index contributed by atoms with van der Waals surface area (Å²) >= 11 is 5.88. The van der Waals surface area contributed by atoms with Gasteiger partial charge in [-0.1, -0.05) is 29.8 Å². The number of rotatable bonds is 5. The highest BCUT2D eigenvalue weighted by molar-refractivity contribution is 6.30. The first-order valence-electron chi connectivity index (χ1n) is 9.29. The van der Waals surface area contributed by atoms with Gasteiger partial charge in [0.05, 0.1) is 6.20 Å². The van der Waals surface area contributed by atoms with Gasteiger partial charge in [-0.25, -0.2) is 4.98 Å². The molecule has 0 aliphatic carbocycles. The number of fused-ring (bicyclic) bond motifs is 1. The van der Waals surface area contributed by atoms with E-state index < -0.39 is 5.91 Å². The normalized spacial score (nSPS) is 10.9. The van der Waals surface area contributed by atoms with E-state index in [2.05, 4.69) is 15.8 Å². The molecule has 0 saturated heterocycles. The third kappa shape index (κ3) is 4.21. The van der Waals surface area contributed by atoms with E-state index in [1.165, 1.54) is 0 Å². The summed E-state index contributed by atoms with van der Waals surface area (Å²) < 4.78 is 11.2. The third-order valence-corrected chi connectivity index (χ3v) is 4.87. The number of aryl methyl sites for hydroxylation is 2. The lowest BCUT2D eigenvalue weighted by Crippen LogP contribution is -2.41. The van der Waals surface area contributed by atoms with E-state index in [1.54, 1.807) is 31.3 Å². The van der Waals surface area contributed by atoms with Crippen molar-refractivity contribution in [2.24, 2.45) is 0 Å². The van der Waals surface area contributed by atoms with Gasteiger partial charge in [-0.2, -0.15) is 0 Å². The number of hydrazine groups is 1. The van der Waals surface area contributed by atoms with Crippen molar-refractivity contribution < 1.29 is 18.4 Å². The van der Waals surface area contributed by atoms with Gasteiger partial charge in [0.2, 0.25) is 5.91 Å². The topological polar surface area (TPSA) is 97.4 Å². The van der Waals surface area contributed by atoms with Crippen LogP contribution in [0.3, 0.4) is 0 Å². The van der Waals surface area contributed by atoms with Crippen molar-refractivity contribution in [1.29, 1.82) is 0 Å². The van der Waals surface area contributed by atoms with Crippen LogP contribution in [-0.4, -0.2) is 16.8 Å². The van der Waals surface area contributed by atoms with Crippen molar-refractivity contribution in [3.63, 3.8) is 0 Å². The molecule has 0 radical (unpaired) electrons. The quantitative estimate of drug-likeness (QED) is 0.462. The van der Waals surface area contributed by atoms with Gasteiger partial charge >= 0.3 is 5.91 Å². The number of halogens is 1. The first-order chi connectivity index (χ1) is 14.5. The molecular weight excluding hydrogens is 406 g/mol. The fraction of sp³-hybridized carbons (Fsp3) is 0.136. The van der Waals surface area contributed by atoms with E-state index in [4.69, 9.17) is 20.4 Å². The molecule has 4 aromatic rings. The van der Waals surface area contributed by atoms with Crippen molar-refractivity contribution in [1.82, 2.24) is 15.8 Å². The number of aromatic nitrogens is 1. The van der Waals surface area contributed by atoms with Crippen molar-refractivity contribution in [3.05, 3.63) is 77.0 Å². The predicted molar refractivity (Wildman–Crippen MR) is 112 cm³/mol. The Morgan fingerprint density at radius 3 is 2.57 bits per heavy atom. The molecular formula is C22H18ClN3O4. The van der Waals surface area contributed by atoms with E-state index >= 15 is 0 Å². The maximum atomic E-state index is 12.3. The van der Waals surface area contributed by atoms with E-state index in [0.29, 0.717) is 34.2 Å². The molecule has 152 valence electrons. The molecule has 2 aromatic carbocycles. The molecule has 30 heavy (non-hydrogen) atoms. The zero-order valence-electron chi connectivity index (χ0n) is 16.1. The fourth-order valence-electron chi connectivity index (χ4n) is 3.03. The van der Waals surface area contributed by atoms with E-state index in [-0.39, 0.29) is 18.1 Å². The minimum Gasteiger partial charge on any atom is -0.451 e. The van der Waals surface area contributed by atoms with Gasteiger partial charge in [0.25, 0.3) is 0 Å². The fourth-order valence-corrected chi connectivity index (χ4v) is 3.16. The highest BCUT2D eigenvalue weighted by Crippen LogP contribution is 2.25. The zero-order valence-corrected chi connectivity index (χ0v) is 16.8. The molecule has 0 aliphatic heterocycles. The summed E-state index contributed by atoms with van der Waals surface area (Å²) in [7, 11) is 0. The number of benzene rings is 2. The summed E-state index contributed by atoms with van der Waals surface area (Å²) in [5.74, 6) is 0.295. The van der Waals surface area contributed by atoms with Crippen LogP contribution >= 0.6 is 11.6 Å². The maximum Gasteiger partial charge on any atom is 0.305 e. The molecule has 2 amide bonds. The van der Waals surface area contributed by atoms with Crippen LogP contribution in [0.15, 0.2) is 63.6 Å². The van der Waals surface area contributed by atoms with Crippen molar-refractivity contribution in [3.8, 4) is 11.3 Å². The molecule has 0 spiro atoms. The summed E-state index contributed by atoms with van der Waals surface area (Å²) in [4.78, 5) is 28.6. The van der Waals surface area contributed by atoms with Gasteiger partial charge in [0.1, 0.15) is 5.58 Å². The number of carbonyl (C=O) groups excluding carboxylic acids is 2. The molecule has 2 N–H and O–H groups in total. The number of nitrogens with zero attached hydrogens (tertiary/aromatic N) is 1. The Balaban J connectivity index is 1.30. The molecule has 0 aliphatic rings. The van der Waals surface area contributed by atoms with E-state index in [9.17, 15) is 9.59 Å². The number of hydrogen-bond donors (Lipinski definition) is 2. The number of nitrogens with one attached hydrogen (secondary N) is 2. The van der Waals surface area contributed by atoms with Crippen molar-refractivity contribution >= 4 is 34.4 Å². The molecule has 0 bridgehead atoms. The Bertz CT molecular complexity index is 1210. The second-order valence-electron chi connectivity index (χ2n) is 6.68. The lowest BCUT2D eigenvalue weighted by Gasteiger charge is -2.05. The van der Waals surface area contributed by atoms with Gasteiger partial charge in [0.15, 0.2) is 17.4 Å². The average molecular weight is 424 g/mol. The summed E-state index contributed by atoms with van der Waals surface area (Å²) in [6, 6.07) is 14.5. The summed E-state index contributed by atoms with van der Waals surface area (Å²) in [5, 5.41) is 1.49. The van der Waals surface area contributed by atoms with Crippen LogP contribution < -0.4 is 10.9 Å². The monoisotopic (exact) mass is 423 g/mol. The first kappa shape index (κ1) is 19.7. The van der Waals surface area contributed by atoms with Gasteiger partial charge in [-0.3, -0.25) is 20.4 Å². The van der Waals surface area contributed by atoms with Crippen LogP contribution in [0, 0.1) is 6.92 Å². The summed E-state index contributed by atoms with van der Waals surface area (Å²) in [5.41, 5.74) is 6.94. The van der Waals surface area contributed by atoms with Gasteiger partial charge < -0.3 is 8.83 Å². The van der Waals surface area contributed by atoms with Crippen molar-refractivity contribution in [2.45, 2.75) is 19.8 Å². The molecule has 0 atom stereocenters. The Hall–Kier alpha value is -3.58. The van der Waals surface area contributed by atoms with E-state index in [1.807, 2.05) is 30.3 Å². The minimum absolute atomic E-state index is 0.0972. The lowest BCUT2D eigenvalue weighted by molar-refractivity contribution is -0.121. The van der Waals surface area contributed by atoms with Crippen LogP contribution in [0.2, 0.25) is 5.02 Å². The lowest BCUT2D eigenvalue weighted by atomic mass is 10.1. The minimum atomic E-state index is -0.516. The Labute approximate surface area is 177 Å². The number of hydrogen-bond acceptors (Lipinski definition) is 5. The smallest absolute Gasteiger partial charge is 0.305 e. The maximum absolute atomic E-state index is 12.3. The number of para-hydroxylation sites is 1. The molecule has 4 rings (SSSR count). The van der Waals surface area contributed by atoms with Gasteiger partial charge in [0, 0.05) is 34.4 Å². The Kier molecular flexibility index (Phi) is 5.54. The van der Waals surface area contributed by atoms with Crippen LogP contribution in [0.1, 0.15) is 28.4 Å².